The number of carbonyl (C=O) groups excluding carboxylic acids is 2. The van der Waals surface area contributed by atoms with Crippen molar-refractivity contribution in [3.63, 3.8) is 0 Å². The third-order valence-corrected chi connectivity index (χ3v) is 10.4. The molecule has 0 aliphatic heterocycles. The van der Waals surface area contributed by atoms with Gasteiger partial charge >= 0.3 is 0 Å². The minimum atomic E-state index is -4.18. The van der Waals surface area contributed by atoms with E-state index in [0.29, 0.717) is 27.8 Å². The molecule has 0 unspecified atom stereocenters. The fourth-order valence-corrected chi connectivity index (χ4v) is 6.95. The van der Waals surface area contributed by atoms with E-state index in [-0.39, 0.29) is 23.8 Å². The molecule has 0 spiro atoms. The fraction of sp³-hybridized carbons (Fsp3) is 0.278. The van der Waals surface area contributed by atoms with Crippen LogP contribution in [-0.2, 0) is 32.6 Å². The lowest BCUT2D eigenvalue weighted by molar-refractivity contribution is -0.140. The highest BCUT2D eigenvalue weighted by Gasteiger charge is 2.35. The summed E-state index contributed by atoms with van der Waals surface area (Å²) in [6.07, 6.45) is 1.89. The number of halogens is 2. The molecule has 0 aromatic heterocycles. The predicted molar refractivity (Wildman–Crippen MR) is 186 cm³/mol. The highest BCUT2D eigenvalue weighted by Crippen LogP contribution is 2.30. The summed E-state index contributed by atoms with van der Waals surface area (Å²) in [4.78, 5) is 30.0. The van der Waals surface area contributed by atoms with Gasteiger partial charge in [0.1, 0.15) is 12.6 Å². The predicted octanol–water partition coefficient (Wildman–Crippen LogP) is 7.36. The average molecular weight is 681 g/mol. The standard InChI is InChI=1S/C36H39Cl2N3O4S/c1-4-5-21-39-36(43)34(23-28-14-8-6-9-15-28)40(24-29-19-20-31(37)32(38)22-29)35(42)25-41(33-18-12-13-26(2)27(33)3)46(44,45)30-16-10-7-11-17-30/h6-20,22,34H,4-5,21,23-25H2,1-3H3,(H,39,43)/t34-/m0/s1. The molecule has 0 bridgehead atoms. The van der Waals surface area contributed by atoms with E-state index in [2.05, 4.69) is 5.32 Å². The zero-order valence-corrected chi connectivity index (χ0v) is 28.6. The number of nitrogens with one attached hydrogen (secondary N) is 1. The molecule has 10 heteroatoms. The Hall–Kier alpha value is -3.85. The van der Waals surface area contributed by atoms with Gasteiger partial charge in [-0.1, -0.05) is 103 Å². The van der Waals surface area contributed by atoms with E-state index in [4.69, 9.17) is 23.2 Å². The topological polar surface area (TPSA) is 86.8 Å². The van der Waals surface area contributed by atoms with Crippen LogP contribution in [0, 0.1) is 13.8 Å². The van der Waals surface area contributed by atoms with Gasteiger partial charge in [-0.05, 0) is 72.9 Å². The molecule has 0 saturated carbocycles. The minimum Gasteiger partial charge on any atom is -0.354 e. The first kappa shape index (κ1) is 35.0. The molecular formula is C36H39Cl2N3O4S. The van der Waals surface area contributed by atoms with Crippen LogP contribution in [0.2, 0.25) is 10.0 Å². The van der Waals surface area contributed by atoms with Gasteiger partial charge in [0.15, 0.2) is 0 Å². The lowest BCUT2D eigenvalue weighted by Gasteiger charge is -2.34. The van der Waals surface area contributed by atoms with E-state index in [0.717, 1.165) is 33.8 Å². The molecule has 242 valence electrons. The molecule has 0 heterocycles. The highest BCUT2D eigenvalue weighted by molar-refractivity contribution is 7.92. The van der Waals surface area contributed by atoms with Crippen LogP contribution >= 0.6 is 23.2 Å². The van der Waals surface area contributed by atoms with Gasteiger partial charge in [-0.25, -0.2) is 8.42 Å². The SMILES string of the molecule is CCCCNC(=O)[C@H](Cc1ccccc1)N(Cc1ccc(Cl)c(Cl)c1)C(=O)CN(c1cccc(C)c1C)S(=O)(=O)c1ccccc1. The minimum absolute atomic E-state index is 0.000441. The van der Waals surface area contributed by atoms with Gasteiger partial charge in [0.2, 0.25) is 11.8 Å². The molecule has 0 aliphatic rings. The largest absolute Gasteiger partial charge is 0.354 e. The lowest BCUT2D eigenvalue weighted by Crippen LogP contribution is -2.53. The van der Waals surface area contributed by atoms with E-state index < -0.39 is 28.5 Å². The van der Waals surface area contributed by atoms with Crippen LogP contribution in [0.1, 0.15) is 42.0 Å². The van der Waals surface area contributed by atoms with Gasteiger partial charge in [0.05, 0.1) is 20.6 Å². The zero-order valence-electron chi connectivity index (χ0n) is 26.2. The molecule has 1 atom stereocenters. The number of rotatable bonds is 14. The van der Waals surface area contributed by atoms with E-state index in [9.17, 15) is 18.0 Å². The van der Waals surface area contributed by atoms with Crippen molar-refractivity contribution in [2.24, 2.45) is 0 Å². The molecule has 4 aromatic carbocycles. The van der Waals surface area contributed by atoms with Crippen LogP contribution in [0.4, 0.5) is 5.69 Å². The van der Waals surface area contributed by atoms with Gasteiger partial charge < -0.3 is 10.2 Å². The number of sulfonamides is 1. The third kappa shape index (κ3) is 8.69. The van der Waals surface area contributed by atoms with Crippen molar-refractivity contribution < 1.29 is 18.0 Å². The maximum absolute atomic E-state index is 14.6. The number of benzene rings is 4. The summed E-state index contributed by atoms with van der Waals surface area (Å²) in [5.74, 6) is -0.868. The molecule has 4 rings (SSSR count). The van der Waals surface area contributed by atoms with Crippen molar-refractivity contribution in [1.29, 1.82) is 0 Å². The Labute approximate surface area is 282 Å². The number of hydrogen-bond acceptors (Lipinski definition) is 4. The number of anilines is 1. The molecule has 0 radical (unpaired) electrons. The van der Waals surface area contributed by atoms with Crippen molar-refractivity contribution >= 4 is 50.7 Å². The molecule has 46 heavy (non-hydrogen) atoms. The average Bonchev–Trinajstić information content (AvgIpc) is 3.05. The lowest BCUT2D eigenvalue weighted by atomic mass is 10.0. The number of nitrogens with zero attached hydrogens (tertiary/aromatic N) is 2. The summed E-state index contributed by atoms with van der Waals surface area (Å²) in [6.45, 7) is 5.67. The number of carbonyl (C=O) groups is 2. The van der Waals surface area contributed by atoms with E-state index >= 15 is 0 Å². The normalized spacial score (nSPS) is 11.9. The van der Waals surface area contributed by atoms with Crippen LogP contribution in [0.3, 0.4) is 0 Å². The van der Waals surface area contributed by atoms with Crippen molar-refractivity contribution in [3.05, 3.63) is 129 Å². The molecule has 7 nitrogen and oxygen atoms in total. The number of hydrogen-bond donors (Lipinski definition) is 1. The zero-order chi connectivity index (χ0) is 33.3. The second-order valence-electron chi connectivity index (χ2n) is 11.2. The molecule has 0 fully saturated rings. The maximum atomic E-state index is 14.6. The first-order valence-electron chi connectivity index (χ1n) is 15.2. The van der Waals surface area contributed by atoms with Crippen molar-refractivity contribution in [2.75, 3.05) is 17.4 Å². The Bertz CT molecular complexity index is 1750. The summed E-state index contributed by atoms with van der Waals surface area (Å²) in [5, 5.41) is 3.66. The first-order chi connectivity index (χ1) is 22.0. The summed E-state index contributed by atoms with van der Waals surface area (Å²) >= 11 is 12.5. The van der Waals surface area contributed by atoms with E-state index in [1.807, 2.05) is 57.2 Å². The quantitative estimate of drug-likeness (QED) is 0.141. The monoisotopic (exact) mass is 679 g/mol. The number of aryl methyl sites for hydroxylation is 1. The van der Waals surface area contributed by atoms with Gasteiger partial charge in [0, 0.05) is 19.5 Å². The second kappa shape index (κ2) is 16.1. The molecule has 4 aromatic rings. The van der Waals surface area contributed by atoms with Crippen LogP contribution in [0.25, 0.3) is 0 Å². The van der Waals surface area contributed by atoms with Gasteiger partial charge in [0.25, 0.3) is 10.0 Å². The Kier molecular flexibility index (Phi) is 12.3. The first-order valence-corrected chi connectivity index (χ1v) is 17.4. The molecular weight excluding hydrogens is 641 g/mol. The van der Waals surface area contributed by atoms with Gasteiger partial charge in [-0.2, -0.15) is 0 Å². The second-order valence-corrected chi connectivity index (χ2v) is 13.8. The third-order valence-electron chi connectivity index (χ3n) is 7.89. The smallest absolute Gasteiger partial charge is 0.264 e. The van der Waals surface area contributed by atoms with Crippen LogP contribution in [-0.4, -0.2) is 44.3 Å². The van der Waals surface area contributed by atoms with Crippen LogP contribution in [0.15, 0.2) is 102 Å². The van der Waals surface area contributed by atoms with E-state index in [1.165, 1.54) is 17.0 Å². The summed E-state index contributed by atoms with van der Waals surface area (Å²) in [7, 11) is -4.18. The molecule has 2 amide bonds. The Balaban J connectivity index is 1.83. The number of unbranched alkanes of at least 4 members (excludes halogenated alkanes) is 1. The van der Waals surface area contributed by atoms with Gasteiger partial charge in [-0.15, -0.1) is 0 Å². The van der Waals surface area contributed by atoms with Gasteiger partial charge in [-0.3, -0.25) is 13.9 Å². The molecule has 1 N–H and O–H groups in total. The summed E-state index contributed by atoms with van der Waals surface area (Å²) in [5.41, 5.74) is 3.49. The summed E-state index contributed by atoms with van der Waals surface area (Å²) < 4.78 is 29.6. The maximum Gasteiger partial charge on any atom is 0.264 e. The Morgan fingerprint density at radius 3 is 2.15 bits per heavy atom. The van der Waals surface area contributed by atoms with Crippen LogP contribution in [0.5, 0.6) is 0 Å². The van der Waals surface area contributed by atoms with Crippen molar-refractivity contribution in [3.8, 4) is 0 Å². The van der Waals surface area contributed by atoms with Crippen molar-refractivity contribution in [1.82, 2.24) is 10.2 Å². The molecule has 0 aliphatic carbocycles. The van der Waals surface area contributed by atoms with Crippen molar-refractivity contribution in [2.45, 2.75) is 57.5 Å². The van der Waals surface area contributed by atoms with E-state index in [1.54, 1.807) is 48.5 Å². The highest BCUT2D eigenvalue weighted by atomic mass is 35.5. The summed E-state index contributed by atoms with van der Waals surface area (Å²) in [6, 6.07) is 26.9. The fourth-order valence-electron chi connectivity index (χ4n) is 5.13. The van der Waals surface area contributed by atoms with Crippen LogP contribution < -0.4 is 9.62 Å². The number of amides is 2. The Morgan fingerprint density at radius 1 is 0.826 bits per heavy atom. The molecule has 0 saturated heterocycles. The Morgan fingerprint density at radius 2 is 1.50 bits per heavy atom.